The highest BCUT2D eigenvalue weighted by Gasteiger charge is 2.10. The number of para-hydroxylation sites is 2. The fraction of sp³-hybridized carbons (Fsp3) is 0.105. The molecule has 0 radical (unpaired) electrons. The molecule has 0 aliphatic heterocycles. The van der Waals surface area contributed by atoms with E-state index in [2.05, 4.69) is 9.97 Å². The van der Waals surface area contributed by atoms with Gasteiger partial charge in [0.1, 0.15) is 5.69 Å². The Morgan fingerprint density at radius 2 is 1.68 bits per heavy atom. The number of ketones is 1. The van der Waals surface area contributed by atoms with Gasteiger partial charge in [0.15, 0.2) is 0 Å². The standard InChI is InChI=1S/C19H16N2O/c1-13-6-5-7-15(12-13)10-11-18(22)19-14(2)20-16-8-3-4-9-17(16)21-19/h3-12H,1-2H3. The van der Waals surface area contributed by atoms with Crippen molar-refractivity contribution in [1.29, 1.82) is 0 Å². The maximum Gasteiger partial charge on any atom is 0.206 e. The zero-order valence-corrected chi connectivity index (χ0v) is 12.6. The molecule has 0 unspecified atom stereocenters. The van der Waals surface area contributed by atoms with Crippen LogP contribution in [0.4, 0.5) is 0 Å². The summed E-state index contributed by atoms with van der Waals surface area (Å²) in [6.07, 6.45) is 3.37. The Hall–Kier alpha value is -2.81. The van der Waals surface area contributed by atoms with Gasteiger partial charge in [-0.15, -0.1) is 0 Å². The minimum Gasteiger partial charge on any atom is -0.287 e. The molecule has 0 saturated carbocycles. The number of nitrogens with zero attached hydrogens (tertiary/aromatic N) is 2. The smallest absolute Gasteiger partial charge is 0.206 e. The Balaban J connectivity index is 1.93. The molecular formula is C19H16N2O. The van der Waals surface area contributed by atoms with Crippen LogP contribution in [0.1, 0.15) is 27.3 Å². The first-order valence-corrected chi connectivity index (χ1v) is 7.16. The van der Waals surface area contributed by atoms with Crippen LogP contribution < -0.4 is 0 Å². The predicted octanol–water partition coefficient (Wildman–Crippen LogP) is 4.14. The van der Waals surface area contributed by atoms with Crippen molar-refractivity contribution in [2.24, 2.45) is 0 Å². The fourth-order valence-corrected chi connectivity index (χ4v) is 2.35. The zero-order chi connectivity index (χ0) is 15.5. The van der Waals surface area contributed by atoms with Gasteiger partial charge < -0.3 is 0 Å². The Morgan fingerprint density at radius 1 is 0.955 bits per heavy atom. The molecule has 0 fully saturated rings. The van der Waals surface area contributed by atoms with E-state index >= 15 is 0 Å². The number of allylic oxidation sites excluding steroid dienone is 1. The number of fused-ring (bicyclic) bond motifs is 1. The number of aromatic nitrogens is 2. The summed E-state index contributed by atoms with van der Waals surface area (Å²) in [4.78, 5) is 21.3. The summed E-state index contributed by atoms with van der Waals surface area (Å²) in [7, 11) is 0. The van der Waals surface area contributed by atoms with Crippen LogP contribution in [0.3, 0.4) is 0 Å². The van der Waals surface area contributed by atoms with E-state index in [9.17, 15) is 4.79 Å². The number of carbonyl (C=O) groups is 1. The quantitative estimate of drug-likeness (QED) is 0.537. The third kappa shape index (κ3) is 2.93. The minimum absolute atomic E-state index is 0.128. The van der Waals surface area contributed by atoms with Crippen molar-refractivity contribution in [3.8, 4) is 0 Å². The Kier molecular flexibility index (Phi) is 3.79. The van der Waals surface area contributed by atoms with Gasteiger partial charge in [-0.1, -0.05) is 48.0 Å². The van der Waals surface area contributed by atoms with Crippen LogP contribution in [0, 0.1) is 13.8 Å². The number of hydrogen-bond donors (Lipinski definition) is 0. The lowest BCUT2D eigenvalue weighted by Crippen LogP contribution is -2.04. The van der Waals surface area contributed by atoms with Crippen molar-refractivity contribution in [1.82, 2.24) is 9.97 Å². The van der Waals surface area contributed by atoms with E-state index in [4.69, 9.17) is 0 Å². The van der Waals surface area contributed by atoms with Crippen molar-refractivity contribution in [2.45, 2.75) is 13.8 Å². The van der Waals surface area contributed by atoms with Gasteiger partial charge in [0, 0.05) is 0 Å². The lowest BCUT2D eigenvalue weighted by Gasteiger charge is -2.03. The monoisotopic (exact) mass is 288 g/mol. The van der Waals surface area contributed by atoms with Crippen LogP contribution in [-0.2, 0) is 0 Å². The molecule has 3 rings (SSSR count). The van der Waals surface area contributed by atoms with E-state index < -0.39 is 0 Å². The Labute approximate surface area is 129 Å². The lowest BCUT2D eigenvalue weighted by atomic mass is 10.1. The summed E-state index contributed by atoms with van der Waals surface area (Å²) in [5.41, 5.74) is 4.76. The van der Waals surface area contributed by atoms with E-state index in [1.165, 1.54) is 0 Å². The lowest BCUT2D eigenvalue weighted by molar-refractivity contribution is 0.104. The zero-order valence-electron chi connectivity index (χ0n) is 12.6. The maximum absolute atomic E-state index is 12.4. The van der Waals surface area contributed by atoms with Gasteiger partial charge in [0.2, 0.25) is 5.78 Å². The van der Waals surface area contributed by atoms with Crippen LogP contribution in [0.5, 0.6) is 0 Å². The van der Waals surface area contributed by atoms with Crippen LogP contribution in [-0.4, -0.2) is 15.8 Å². The molecule has 0 spiro atoms. The topological polar surface area (TPSA) is 42.9 Å². The third-order valence-electron chi connectivity index (χ3n) is 3.45. The van der Waals surface area contributed by atoms with Gasteiger partial charge in [-0.3, -0.25) is 4.79 Å². The van der Waals surface area contributed by atoms with Gasteiger partial charge in [-0.2, -0.15) is 0 Å². The van der Waals surface area contributed by atoms with Gasteiger partial charge in [0.05, 0.1) is 16.7 Å². The largest absolute Gasteiger partial charge is 0.287 e. The molecule has 3 nitrogen and oxygen atoms in total. The molecule has 3 aromatic rings. The second-order valence-electron chi connectivity index (χ2n) is 5.26. The first kappa shape index (κ1) is 14.1. The highest BCUT2D eigenvalue weighted by Crippen LogP contribution is 2.14. The van der Waals surface area contributed by atoms with Gasteiger partial charge >= 0.3 is 0 Å². The molecule has 0 saturated heterocycles. The summed E-state index contributed by atoms with van der Waals surface area (Å²) in [5.74, 6) is -0.128. The van der Waals surface area contributed by atoms with E-state index in [1.807, 2.05) is 68.5 Å². The Morgan fingerprint density at radius 3 is 2.41 bits per heavy atom. The van der Waals surface area contributed by atoms with E-state index in [0.717, 1.165) is 22.2 Å². The summed E-state index contributed by atoms with van der Waals surface area (Å²) in [5, 5.41) is 0. The average Bonchev–Trinajstić information content (AvgIpc) is 2.52. The third-order valence-corrected chi connectivity index (χ3v) is 3.45. The SMILES string of the molecule is Cc1cccc(C=CC(=O)c2nc3ccccc3nc2C)c1. The van der Waals surface area contributed by atoms with Crippen molar-refractivity contribution in [3.63, 3.8) is 0 Å². The molecule has 3 heteroatoms. The maximum atomic E-state index is 12.4. The predicted molar refractivity (Wildman–Crippen MR) is 88.8 cm³/mol. The van der Waals surface area contributed by atoms with Crippen molar-refractivity contribution < 1.29 is 4.79 Å². The molecule has 0 amide bonds. The molecule has 0 aliphatic rings. The van der Waals surface area contributed by atoms with E-state index in [-0.39, 0.29) is 5.78 Å². The summed E-state index contributed by atoms with van der Waals surface area (Å²) < 4.78 is 0. The molecular weight excluding hydrogens is 272 g/mol. The number of rotatable bonds is 3. The Bertz CT molecular complexity index is 881. The fourth-order valence-electron chi connectivity index (χ4n) is 2.35. The molecule has 0 atom stereocenters. The second-order valence-corrected chi connectivity index (χ2v) is 5.26. The number of benzene rings is 2. The van der Waals surface area contributed by atoms with Gasteiger partial charge in [-0.25, -0.2) is 9.97 Å². The number of carbonyl (C=O) groups excluding carboxylic acids is 1. The number of aryl methyl sites for hydroxylation is 2. The summed E-state index contributed by atoms with van der Waals surface area (Å²) in [6, 6.07) is 15.6. The highest BCUT2D eigenvalue weighted by molar-refractivity contribution is 6.06. The van der Waals surface area contributed by atoms with E-state index in [0.29, 0.717) is 11.4 Å². The van der Waals surface area contributed by atoms with Gasteiger partial charge in [0.25, 0.3) is 0 Å². The van der Waals surface area contributed by atoms with Crippen LogP contribution in [0.15, 0.2) is 54.6 Å². The molecule has 2 aromatic carbocycles. The molecule has 0 bridgehead atoms. The molecule has 22 heavy (non-hydrogen) atoms. The highest BCUT2D eigenvalue weighted by atomic mass is 16.1. The van der Waals surface area contributed by atoms with Crippen molar-refractivity contribution in [3.05, 3.63) is 77.1 Å². The first-order chi connectivity index (χ1) is 10.6. The summed E-state index contributed by atoms with van der Waals surface area (Å²) in [6.45, 7) is 3.84. The molecule has 108 valence electrons. The van der Waals surface area contributed by atoms with Crippen LogP contribution in [0.2, 0.25) is 0 Å². The first-order valence-electron chi connectivity index (χ1n) is 7.16. The number of hydrogen-bond acceptors (Lipinski definition) is 3. The van der Waals surface area contributed by atoms with Crippen LogP contribution in [0.25, 0.3) is 17.1 Å². The van der Waals surface area contributed by atoms with Crippen molar-refractivity contribution in [2.75, 3.05) is 0 Å². The van der Waals surface area contributed by atoms with Crippen LogP contribution >= 0.6 is 0 Å². The van der Waals surface area contributed by atoms with E-state index in [1.54, 1.807) is 6.08 Å². The molecule has 0 N–H and O–H groups in total. The van der Waals surface area contributed by atoms with Crippen molar-refractivity contribution >= 4 is 22.9 Å². The normalized spacial score (nSPS) is 11.2. The molecule has 0 aliphatic carbocycles. The average molecular weight is 288 g/mol. The second kappa shape index (κ2) is 5.90. The molecule has 1 aromatic heterocycles. The minimum atomic E-state index is -0.128. The molecule has 1 heterocycles. The van der Waals surface area contributed by atoms with Gasteiger partial charge in [-0.05, 0) is 37.6 Å². The summed E-state index contributed by atoms with van der Waals surface area (Å²) >= 11 is 0.